The molecule has 1 saturated heterocycles. The predicted molar refractivity (Wildman–Crippen MR) is 360 cm³/mol. The maximum atomic E-state index is 14.2. The fourth-order valence-corrected chi connectivity index (χ4v) is 13.3. The van der Waals surface area contributed by atoms with Gasteiger partial charge in [0.1, 0.15) is 12.1 Å². The molecule has 21 nitrogen and oxygen atoms in total. The van der Waals surface area contributed by atoms with Gasteiger partial charge in [-0.3, -0.25) is 38.5 Å². The van der Waals surface area contributed by atoms with Crippen molar-refractivity contribution < 1.29 is 53.1 Å². The number of nitrogens with zero attached hydrogens (tertiary/aromatic N) is 7. The summed E-state index contributed by atoms with van der Waals surface area (Å²) in [7, 11) is 5.21. The number of amides is 5. The number of fused-ring (bicyclic) bond motifs is 4. The number of hydrogen-bond acceptors (Lipinski definition) is 15. The lowest BCUT2D eigenvalue weighted by Crippen LogP contribution is -2.53. The number of rotatable bonds is 24. The van der Waals surface area contributed by atoms with Crippen LogP contribution in [0.4, 0.5) is 22.7 Å². The van der Waals surface area contributed by atoms with E-state index in [1.807, 2.05) is 44.6 Å². The van der Waals surface area contributed by atoms with E-state index < -0.39 is 23.9 Å². The lowest BCUT2D eigenvalue weighted by Gasteiger charge is -2.34. The fraction of sp³-hybridized carbons (Fsp3) is 0.458. The Bertz CT molecular complexity index is 3670. The van der Waals surface area contributed by atoms with Crippen LogP contribution in [0, 0.1) is 5.92 Å². The Hall–Kier alpha value is -9.11. The van der Waals surface area contributed by atoms with E-state index in [2.05, 4.69) is 57.1 Å². The van der Waals surface area contributed by atoms with Crippen LogP contribution in [0.5, 0.6) is 34.8 Å². The molecule has 6 aliphatic rings. The molecule has 4 unspecified atom stereocenters. The zero-order chi connectivity index (χ0) is 65.3. The van der Waals surface area contributed by atoms with E-state index >= 15 is 0 Å². The van der Waals surface area contributed by atoms with E-state index in [1.165, 1.54) is 32.1 Å². The normalized spacial score (nSPS) is 18.8. The summed E-state index contributed by atoms with van der Waals surface area (Å²) in [5.41, 5.74) is 8.21. The second-order valence-corrected chi connectivity index (χ2v) is 25.6. The maximum Gasteiger partial charge on any atom is 0.260 e. The van der Waals surface area contributed by atoms with Crippen molar-refractivity contribution in [3.8, 4) is 34.8 Å². The summed E-state index contributed by atoms with van der Waals surface area (Å²) in [6.07, 6.45) is 19.0. The number of ether oxygens (including phenoxy) is 4. The predicted octanol–water partition coefficient (Wildman–Crippen LogP) is 11.1. The maximum absolute atomic E-state index is 14.2. The molecule has 4 aromatic carbocycles. The number of methoxy groups -OCH3 is 2. The van der Waals surface area contributed by atoms with Crippen LogP contribution in [0.15, 0.2) is 101 Å². The van der Waals surface area contributed by atoms with Crippen molar-refractivity contribution in [2.75, 3.05) is 70.9 Å². The van der Waals surface area contributed by atoms with Gasteiger partial charge in [-0.1, -0.05) is 76.6 Å². The van der Waals surface area contributed by atoms with Gasteiger partial charge in [-0.25, -0.2) is 0 Å². The number of unbranched alkanes of at least 4 members (excludes halogenated alkanes) is 2. The Balaban J connectivity index is 0.620. The minimum Gasteiger partial charge on any atom is -0.494 e. The molecule has 2 fully saturated rings. The average Bonchev–Trinajstić information content (AvgIpc) is 1.69. The van der Waals surface area contributed by atoms with E-state index in [0.717, 1.165) is 79.7 Å². The third-order valence-electron chi connectivity index (χ3n) is 18.8. The summed E-state index contributed by atoms with van der Waals surface area (Å²) in [5.74, 6) is 0.285. The summed E-state index contributed by atoms with van der Waals surface area (Å²) < 4.78 is 25.5. The van der Waals surface area contributed by atoms with Crippen molar-refractivity contribution in [3.05, 3.63) is 119 Å². The van der Waals surface area contributed by atoms with Crippen LogP contribution < -0.4 is 39.8 Å². The fourth-order valence-electron chi connectivity index (χ4n) is 13.3. The first kappa shape index (κ1) is 65.4. The zero-order valence-corrected chi connectivity index (χ0v) is 54.3. The molecule has 21 heteroatoms. The van der Waals surface area contributed by atoms with E-state index in [1.54, 1.807) is 77.1 Å². The lowest BCUT2D eigenvalue weighted by atomic mass is 9.87. The third kappa shape index (κ3) is 15.2. The number of hydrogen-bond donors (Lipinski definition) is 5. The number of benzene rings is 4. The molecule has 0 spiro atoms. The highest BCUT2D eigenvalue weighted by Gasteiger charge is 2.36. The van der Waals surface area contributed by atoms with Crippen molar-refractivity contribution in [2.45, 2.75) is 147 Å². The molecule has 93 heavy (non-hydrogen) atoms. The first-order valence-electron chi connectivity index (χ1n) is 33.0. The van der Waals surface area contributed by atoms with Crippen LogP contribution in [0.3, 0.4) is 0 Å². The summed E-state index contributed by atoms with van der Waals surface area (Å²) in [6, 6.07) is 22.0. The minimum absolute atomic E-state index is 0.0649. The Labute approximate surface area is 544 Å². The standard InChI is InChI=1S/C72H88N10O11/c1-45(2)67(77-65(83)18-13-10-14-27-80-66(84)38-56(70(80)87)49-16-11-8-7-9-12-17-49)69(86)75-46(3)68(85)76-52-23-19-47(20-24-52)50-34-54-41-73-59-39-63(61(90-5)36-57(59)71(88)81(54)43-50)92-32-15-33-93-64-40-60-58(37-62(64)91-6)72(89)82-44-51(35-55(82)42-74-60)48-21-25-53(26-22-48)79-30-28-78(4)29-31-79/h19-26,36-46,49,54-55,67,84,87H,7-18,27-35H2,1-6H3,(H,75,86)(H,76,85)(H,77,83). The smallest absolute Gasteiger partial charge is 0.260 e. The van der Waals surface area contributed by atoms with Crippen molar-refractivity contribution in [1.29, 1.82) is 0 Å². The molecule has 492 valence electrons. The molecule has 6 heterocycles. The highest BCUT2D eigenvalue weighted by molar-refractivity contribution is 6.07. The van der Waals surface area contributed by atoms with Gasteiger partial charge in [0.2, 0.25) is 17.7 Å². The largest absolute Gasteiger partial charge is 0.494 e. The first-order valence-corrected chi connectivity index (χ1v) is 33.0. The molecule has 5 aliphatic heterocycles. The second-order valence-electron chi connectivity index (χ2n) is 25.6. The summed E-state index contributed by atoms with van der Waals surface area (Å²) in [4.78, 5) is 86.0. The molecule has 4 atom stereocenters. The quantitative estimate of drug-likeness (QED) is 0.0362. The zero-order valence-electron chi connectivity index (χ0n) is 54.3. The molecule has 5 amide bonds. The monoisotopic (exact) mass is 1270 g/mol. The van der Waals surface area contributed by atoms with Gasteiger partial charge in [0, 0.05) is 118 Å². The molecule has 11 rings (SSSR count). The number of carbonyl (C=O) groups excluding carboxylic acids is 5. The topological polar surface area (TPSA) is 241 Å². The van der Waals surface area contributed by atoms with Crippen molar-refractivity contribution in [3.63, 3.8) is 0 Å². The van der Waals surface area contributed by atoms with Crippen LogP contribution in [-0.4, -0.2) is 156 Å². The lowest BCUT2D eigenvalue weighted by molar-refractivity contribution is -0.131. The molecule has 5 N–H and O–H groups in total. The average molecular weight is 1270 g/mol. The Morgan fingerprint density at radius 1 is 0.634 bits per heavy atom. The number of carbonyl (C=O) groups is 5. The van der Waals surface area contributed by atoms with Crippen LogP contribution >= 0.6 is 0 Å². The molecule has 1 saturated carbocycles. The van der Waals surface area contributed by atoms with Crippen LogP contribution in [0.2, 0.25) is 0 Å². The van der Waals surface area contributed by atoms with Gasteiger partial charge in [-0.05, 0) is 110 Å². The number of anilines is 2. The van der Waals surface area contributed by atoms with E-state index in [-0.39, 0.29) is 73.0 Å². The van der Waals surface area contributed by atoms with Crippen LogP contribution in [0.25, 0.3) is 11.1 Å². The van der Waals surface area contributed by atoms with Crippen LogP contribution in [-0.2, 0) is 20.9 Å². The van der Waals surface area contributed by atoms with Gasteiger partial charge in [0.25, 0.3) is 11.8 Å². The number of nitrogens with one attached hydrogen (secondary N) is 3. The van der Waals surface area contributed by atoms with Crippen molar-refractivity contribution >= 4 is 75.9 Å². The van der Waals surface area contributed by atoms with Crippen molar-refractivity contribution in [2.24, 2.45) is 15.9 Å². The SMILES string of the molecule is COc1cc2c(cc1OCCCOc1cc3c(cc1OC)C(=O)N1C=C(c4ccc(N5CCN(C)CC5)cc4)CC1C=N3)N=CC1CC(c3ccc(NC(=O)C(C)NC(=O)C(NC(=O)CCCCCn4c(O)cc(C5CCCCCCC5)c4O)C(C)C)cc3)=CN1C2=O. The molecule has 0 bridgehead atoms. The second kappa shape index (κ2) is 29.7. The number of aliphatic imine (C=N–C) groups is 2. The number of piperazine rings is 1. The van der Waals surface area contributed by atoms with Gasteiger partial charge in [0.05, 0.1) is 62.0 Å². The van der Waals surface area contributed by atoms with E-state index in [9.17, 15) is 34.2 Å². The highest BCUT2D eigenvalue weighted by atomic mass is 16.5. The Morgan fingerprint density at radius 2 is 1.18 bits per heavy atom. The van der Waals surface area contributed by atoms with E-state index in [4.69, 9.17) is 28.9 Å². The number of aromatic nitrogens is 1. The van der Waals surface area contributed by atoms with Gasteiger partial charge in [0.15, 0.2) is 34.8 Å². The minimum atomic E-state index is -0.917. The summed E-state index contributed by atoms with van der Waals surface area (Å²) in [5, 5.41) is 30.2. The first-order chi connectivity index (χ1) is 45.0. The van der Waals surface area contributed by atoms with E-state index in [0.29, 0.717) is 96.3 Å². The van der Waals surface area contributed by atoms with Gasteiger partial charge < -0.3 is 64.7 Å². The number of aromatic hydroxyl groups is 2. The molecule has 5 aromatic rings. The molecule has 1 aliphatic carbocycles. The Morgan fingerprint density at radius 3 is 1.73 bits per heavy atom. The molecule has 0 radical (unpaired) electrons. The van der Waals surface area contributed by atoms with Crippen molar-refractivity contribution in [1.82, 2.24) is 29.9 Å². The Kier molecular flexibility index (Phi) is 20.9. The van der Waals surface area contributed by atoms with Gasteiger partial charge in [-0.15, -0.1) is 0 Å². The highest BCUT2D eigenvalue weighted by Crippen LogP contribution is 2.44. The summed E-state index contributed by atoms with van der Waals surface area (Å²) >= 11 is 0. The molecular formula is C72H88N10O11. The molecular weight excluding hydrogens is 1180 g/mol. The van der Waals surface area contributed by atoms with Crippen LogP contribution in [0.1, 0.15) is 154 Å². The number of likely N-dealkylation sites (N-methyl/N-ethyl adjacent to an activating group) is 1. The van der Waals surface area contributed by atoms with Gasteiger partial charge in [-0.2, -0.15) is 0 Å². The summed E-state index contributed by atoms with van der Waals surface area (Å²) in [6.45, 7) is 10.3. The van der Waals surface area contributed by atoms with Gasteiger partial charge >= 0.3 is 0 Å². The molecule has 1 aromatic heterocycles. The third-order valence-corrected chi connectivity index (χ3v) is 18.8.